The molecule has 0 radical (unpaired) electrons. The summed E-state index contributed by atoms with van der Waals surface area (Å²) in [6, 6.07) is 2.53. The minimum absolute atomic E-state index is 0.0633. The van der Waals surface area contributed by atoms with Crippen LogP contribution in [0.4, 0.5) is 26.3 Å². The number of hydrogen-bond donors (Lipinski definition) is 0. The second-order valence-corrected chi connectivity index (χ2v) is 6.10. The van der Waals surface area contributed by atoms with E-state index < -0.39 is 32.9 Å². The Morgan fingerprint density at radius 3 is 2.43 bits per heavy atom. The Bertz CT molecular complexity index is 770. The number of fused-ring (bicyclic) bond motifs is 1. The molecule has 1 aromatic carbocycles. The lowest BCUT2D eigenvalue weighted by molar-refractivity contribution is -0.118. The summed E-state index contributed by atoms with van der Waals surface area (Å²) in [6.07, 6.45) is -4.05. The van der Waals surface area contributed by atoms with Crippen LogP contribution in [0.2, 0.25) is 0 Å². The molecule has 0 aliphatic carbocycles. The maximum atomic E-state index is 12.9. The quantitative estimate of drug-likeness (QED) is 0.787. The molecule has 21 heavy (non-hydrogen) atoms. The van der Waals surface area contributed by atoms with Gasteiger partial charge < -0.3 is 4.42 Å². The molecule has 1 atom stereocenters. The molecule has 11 heteroatoms. The van der Waals surface area contributed by atoms with E-state index >= 15 is 0 Å². The van der Waals surface area contributed by atoms with Gasteiger partial charge in [0.2, 0.25) is 0 Å². The van der Waals surface area contributed by atoms with Gasteiger partial charge in [0, 0.05) is 0 Å². The van der Waals surface area contributed by atoms with E-state index in [0.29, 0.717) is 0 Å². The third-order valence-corrected chi connectivity index (χ3v) is 4.37. The van der Waals surface area contributed by atoms with Gasteiger partial charge in [0.1, 0.15) is 12.1 Å². The van der Waals surface area contributed by atoms with Crippen molar-refractivity contribution in [2.45, 2.75) is 16.6 Å². The highest BCUT2D eigenvalue weighted by molar-refractivity contribution is 7.94. The molecule has 1 aromatic heterocycles. The van der Waals surface area contributed by atoms with Crippen LogP contribution in [0.25, 0.3) is 11.1 Å². The van der Waals surface area contributed by atoms with Gasteiger partial charge in [-0.2, -0.15) is 26.3 Å². The highest BCUT2D eigenvalue weighted by Gasteiger charge is 2.45. The molecule has 2 aromatic rings. The van der Waals surface area contributed by atoms with Gasteiger partial charge in [-0.25, -0.2) is 13.6 Å². The van der Waals surface area contributed by atoms with E-state index in [1.165, 1.54) is 0 Å². The topological polar surface area (TPSA) is 55.5 Å². The fraction of sp³-hybridized carbons (Fsp3) is 0.300. The summed E-state index contributed by atoms with van der Waals surface area (Å²) in [7, 11) is -5.26. The Kier molecular flexibility index (Phi) is 3.64. The molecule has 0 saturated carbocycles. The van der Waals surface area contributed by atoms with Gasteiger partial charge in [0.15, 0.2) is 21.7 Å². The zero-order valence-electron chi connectivity index (χ0n) is 9.90. The van der Waals surface area contributed by atoms with E-state index in [1.807, 2.05) is 0 Å². The molecule has 0 bridgehead atoms. The van der Waals surface area contributed by atoms with Gasteiger partial charge >= 0.3 is 11.7 Å². The molecule has 116 valence electrons. The van der Waals surface area contributed by atoms with Crippen LogP contribution in [-0.2, 0) is 9.73 Å². The van der Waals surface area contributed by atoms with Crippen LogP contribution in [0.5, 0.6) is 0 Å². The standard InChI is InChI=1S/C10H6F6N2O2S/c11-9(12,13)4-18-21(19,10(14,15)16)6-1-2-8-7(3-6)17-5-20-8/h1-3,5H,4H2. The van der Waals surface area contributed by atoms with Crippen LogP contribution in [0.3, 0.4) is 0 Å². The Morgan fingerprint density at radius 2 is 1.86 bits per heavy atom. The average Bonchev–Trinajstić information content (AvgIpc) is 2.80. The molecule has 2 rings (SSSR count). The van der Waals surface area contributed by atoms with Gasteiger partial charge in [-0.3, -0.25) is 0 Å². The zero-order valence-corrected chi connectivity index (χ0v) is 10.7. The number of halogens is 6. The first kappa shape index (κ1) is 15.6. The second-order valence-electron chi connectivity index (χ2n) is 3.86. The summed E-state index contributed by atoms with van der Waals surface area (Å²) in [5.74, 6) is 0. The highest BCUT2D eigenvalue weighted by atomic mass is 32.2. The van der Waals surface area contributed by atoms with Crippen molar-refractivity contribution in [3.05, 3.63) is 24.6 Å². The number of oxazole rings is 1. The second kappa shape index (κ2) is 4.90. The van der Waals surface area contributed by atoms with Gasteiger partial charge in [-0.05, 0) is 18.2 Å². The summed E-state index contributed by atoms with van der Waals surface area (Å²) >= 11 is 0. The fourth-order valence-electron chi connectivity index (χ4n) is 1.46. The molecular formula is C10H6F6N2O2S. The van der Waals surface area contributed by atoms with Gasteiger partial charge in [-0.1, -0.05) is 0 Å². The SMILES string of the molecule is O=S(=NCC(F)(F)F)(c1ccc2ocnc2c1)C(F)(F)F. The van der Waals surface area contributed by atoms with Crippen LogP contribution >= 0.6 is 0 Å². The van der Waals surface area contributed by atoms with Crippen molar-refractivity contribution < 1.29 is 35.0 Å². The molecule has 0 aliphatic heterocycles. The van der Waals surface area contributed by atoms with Gasteiger partial charge in [-0.15, -0.1) is 0 Å². The lowest BCUT2D eigenvalue weighted by atomic mass is 10.3. The summed E-state index contributed by atoms with van der Waals surface area (Å²) < 4.78 is 94.1. The molecule has 0 spiro atoms. The Hall–Kier alpha value is -1.78. The number of alkyl halides is 6. The molecule has 4 nitrogen and oxygen atoms in total. The third-order valence-electron chi connectivity index (χ3n) is 2.36. The first-order chi connectivity index (χ1) is 9.53. The van der Waals surface area contributed by atoms with E-state index in [9.17, 15) is 30.6 Å². The summed E-state index contributed by atoms with van der Waals surface area (Å²) in [6.45, 7) is -2.16. The van der Waals surface area contributed by atoms with Crippen molar-refractivity contribution in [2.75, 3.05) is 6.54 Å². The van der Waals surface area contributed by atoms with E-state index in [4.69, 9.17) is 4.42 Å². The smallest absolute Gasteiger partial charge is 0.443 e. The lowest BCUT2D eigenvalue weighted by Gasteiger charge is -2.14. The maximum absolute atomic E-state index is 12.9. The predicted molar refractivity (Wildman–Crippen MR) is 59.8 cm³/mol. The average molecular weight is 332 g/mol. The minimum atomic E-state index is -5.45. The largest absolute Gasteiger partial charge is 0.483 e. The molecule has 1 unspecified atom stereocenters. The normalized spacial score (nSPS) is 15.9. The minimum Gasteiger partial charge on any atom is -0.443 e. The van der Waals surface area contributed by atoms with Crippen molar-refractivity contribution in [1.82, 2.24) is 4.98 Å². The monoisotopic (exact) mass is 332 g/mol. The molecule has 0 N–H and O–H groups in total. The predicted octanol–water partition coefficient (Wildman–Crippen LogP) is 3.74. The van der Waals surface area contributed by atoms with Crippen LogP contribution in [0.1, 0.15) is 0 Å². The van der Waals surface area contributed by atoms with Crippen molar-refractivity contribution >= 4 is 20.8 Å². The van der Waals surface area contributed by atoms with Crippen molar-refractivity contribution in [1.29, 1.82) is 0 Å². The van der Waals surface area contributed by atoms with E-state index in [-0.39, 0.29) is 11.1 Å². The number of benzene rings is 1. The fourth-order valence-corrected chi connectivity index (χ4v) is 2.87. The molecule has 0 aliphatic rings. The molecule has 0 saturated heterocycles. The third kappa shape index (κ3) is 3.12. The van der Waals surface area contributed by atoms with E-state index in [1.54, 1.807) is 0 Å². The summed E-state index contributed by atoms with van der Waals surface area (Å²) in [5.41, 5.74) is -5.40. The summed E-state index contributed by atoms with van der Waals surface area (Å²) in [4.78, 5) is 2.66. The van der Waals surface area contributed by atoms with Gasteiger partial charge in [0.25, 0.3) is 0 Å². The van der Waals surface area contributed by atoms with Crippen LogP contribution in [-0.4, -0.2) is 27.4 Å². The van der Waals surface area contributed by atoms with Crippen molar-refractivity contribution in [2.24, 2.45) is 4.36 Å². The van der Waals surface area contributed by atoms with Crippen LogP contribution in [0.15, 0.2) is 38.3 Å². The molecule has 1 heterocycles. The van der Waals surface area contributed by atoms with Crippen molar-refractivity contribution in [3.8, 4) is 0 Å². The van der Waals surface area contributed by atoms with Gasteiger partial charge in [0.05, 0.1) is 4.90 Å². The number of nitrogens with zero attached hydrogens (tertiary/aromatic N) is 2. The number of rotatable bonds is 2. The maximum Gasteiger partial charge on any atom is 0.483 e. The Balaban J connectivity index is 2.62. The summed E-state index contributed by atoms with van der Waals surface area (Å²) in [5, 5.41) is 0. The Morgan fingerprint density at radius 1 is 1.19 bits per heavy atom. The first-order valence-corrected chi connectivity index (χ1v) is 6.74. The highest BCUT2D eigenvalue weighted by Crippen LogP contribution is 2.34. The van der Waals surface area contributed by atoms with Crippen molar-refractivity contribution in [3.63, 3.8) is 0 Å². The zero-order chi connectivity index (χ0) is 15.9. The first-order valence-electron chi connectivity index (χ1n) is 5.22. The van der Waals surface area contributed by atoms with Crippen LogP contribution in [0, 0.1) is 0 Å². The molecular weight excluding hydrogens is 326 g/mol. The lowest BCUT2D eigenvalue weighted by Crippen LogP contribution is -2.25. The number of hydrogen-bond acceptors (Lipinski definition) is 4. The number of aromatic nitrogens is 1. The van der Waals surface area contributed by atoms with Crippen LogP contribution < -0.4 is 0 Å². The molecule has 0 fully saturated rings. The van der Waals surface area contributed by atoms with E-state index in [0.717, 1.165) is 24.6 Å². The van der Waals surface area contributed by atoms with E-state index in [2.05, 4.69) is 9.35 Å². The Labute approximate surface area is 113 Å². The molecule has 0 amide bonds.